The smallest absolute Gasteiger partial charge is 0.272 e. The van der Waals surface area contributed by atoms with E-state index in [-0.39, 0.29) is 11.7 Å². The molecule has 0 spiro atoms. The highest BCUT2D eigenvalue weighted by Crippen LogP contribution is 2.23. The summed E-state index contributed by atoms with van der Waals surface area (Å²) >= 11 is 0. The Balaban J connectivity index is 1.91. The summed E-state index contributed by atoms with van der Waals surface area (Å²) < 4.78 is 20.5. The number of benzene rings is 2. The predicted molar refractivity (Wildman–Crippen MR) is 83.8 cm³/mol. The highest BCUT2D eigenvalue weighted by molar-refractivity contribution is 6.06. The van der Waals surface area contributed by atoms with E-state index in [0.717, 1.165) is 0 Å². The van der Waals surface area contributed by atoms with Gasteiger partial charge in [-0.25, -0.2) is 4.39 Å². The predicted octanol–water partition coefficient (Wildman–Crippen LogP) is 3.58. The zero-order valence-corrected chi connectivity index (χ0v) is 12.3. The van der Waals surface area contributed by atoms with Crippen LogP contribution in [0.4, 0.5) is 10.1 Å². The molecule has 0 bridgehead atoms. The molecule has 22 heavy (non-hydrogen) atoms. The minimum Gasteiger partial charge on any atom is -0.497 e. The molecule has 112 valence electrons. The third kappa shape index (κ3) is 2.41. The Morgan fingerprint density at radius 2 is 1.91 bits per heavy atom. The van der Waals surface area contributed by atoms with Gasteiger partial charge in [0.25, 0.3) is 5.91 Å². The first-order valence-electron chi connectivity index (χ1n) is 6.79. The Hall–Kier alpha value is -2.82. The summed E-state index contributed by atoms with van der Waals surface area (Å²) in [4.78, 5) is 12.4. The number of ether oxygens (including phenoxy) is 1. The molecule has 1 heterocycles. The van der Waals surface area contributed by atoms with Gasteiger partial charge in [-0.2, -0.15) is 0 Å². The molecular weight excluding hydrogens is 283 g/mol. The molecule has 3 rings (SSSR count). The van der Waals surface area contributed by atoms with Gasteiger partial charge in [0.1, 0.15) is 17.3 Å². The van der Waals surface area contributed by atoms with Gasteiger partial charge >= 0.3 is 0 Å². The highest BCUT2D eigenvalue weighted by Gasteiger charge is 2.15. The fraction of sp³-hybridized carbons (Fsp3) is 0.118. The molecule has 5 heteroatoms. The van der Waals surface area contributed by atoms with Crippen molar-refractivity contribution in [2.75, 3.05) is 12.4 Å². The standard InChI is InChI=1S/C17H15FN2O2/c1-20-15-5-3-4-14(18)13(15)10-16(20)17(21)19-11-6-8-12(22-2)9-7-11/h3-10H,1-2H3,(H,19,21). The fourth-order valence-corrected chi connectivity index (χ4v) is 2.41. The Morgan fingerprint density at radius 1 is 1.18 bits per heavy atom. The Bertz CT molecular complexity index is 838. The van der Waals surface area contributed by atoms with Gasteiger partial charge in [0, 0.05) is 18.1 Å². The van der Waals surface area contributed by atoms with E-state index >= 15 is 0 Å². The number of nitrogens with one attached hydrogen (secondary N) is 1. The summed E-state index contributed by atoms with van der Waals surface area (Å²) in [6.45, 7) is 0. The number of nitrogens with zero attached hydrogens (tertiary/aromatic N) is 1. The minimum absolute atomic E-state index is 0.289. The van der Waals surface area contributed by atoms with Gasteiger partial charge in [0.15, 0.2) is 0 Å². The first kappa shape index (κ1) is 14.1. The van der Waals surface area contributed by atoms with E-state index in [4.69, 9.17) is 4.74 Å². The molecule has 1 aromatic heterocycles. The monoisotopic (exact) mass is 298 g/mol. The van der Waals surface area contributed by atoms with Crippen LogP contribution in [0.1, 0.15) is 10.5 Å². The van der Waals surface area contributed by atoms with Gasteiger partial charge in [-0.15, -0.1) is 0 Å². The van der Waals surface area contributed by atoms with Crippen LogP contribution in [0.25, 0.3) is 10.9 Å². The van der Waals surface area contributed by atoms with Crippen molar-refractivity contribution in [3.8, 4) is 5.75 Å². The van der Waals surface area contributed by atoms with Crippen LogP contribution in [0, 0.1) is 5.82 Å². The Morgan fingerprint density at radius 3 is 2.55 bits per heavy atom. The average molecular weight is 298 g/mol. The Kier molecular flexibility index (Phi) is 3.55. The average Bonchev–Trinajstić information content (AvgIpc) is 2.87. The molecule has 0 aliphatic rings. The van der Waals surface area contributed by atoms with Gasteiger partial charge in [-0.1, -0.05) is 6.07 Å². The molecule has 0 radical (unpaired) electrons. The zero-order chi connectivity index (χ0) is 15.7. The lowest BCUT2D eigenvalue weighted by Gasteiger charge is -2.07. The molecule has 0 unspecified atom stereocenters. The maximum Gasteiger partial charge on any atom is 0.272 e. The lowest BCUT2D eigenvalue weighted by molar-refractivity contribution is 0.101. The number of aromatic nitrogens is 1. The van der Waals surface area contributed by atoms with Crippen molar-refractivity contribution in [1.82, 2.24) is 4.57 Å². The van der Waals surface area contributed by atoms with Crippen LogP contribution in [0.5, 0.6) is 5.75 Å². The van der Waals surface area contributed by atoms with Crippen LogP contribution in [0.3, 0.4) is 0 Å². The summed E-state index contributed by atoms with van der Waals surface area (Å²) in [6, 6.07) is 13.4. The maximum atomic E-state index is 13.8. The third-order valence-electron chi connectivity index (χ3n) is 3.61. The molecule has 2 aromatic carbocycles. The number of hydrogen-bond acceptors (Lipinski definition) is 2. The second kappa shape index (κ2) is 5.52. The number of anilines is 1. The molecule has 0 aliphatic carbocycles. The first-order valence-corrected chi connectivity index (χ1v) is 6.79. The van der Waals surface area contributed by atoms with Gasteiger partial charge < -0.3 is 14.6 Å². The normalized spacial score (nSPS) is 10.7. The molecular formula is C17H15FN2O2. The quantitative estimate of drug-likeness (QED) is 0.803. The fourth-order valence-electron chi connectivity index (χ4n) is 2.41. The zero-order valence-electron chi connectivity index (χ0n) is 12.3. The van der Waals surface area contributed by atoms with E-state index in [1.165, 1.54) is 6.07 Å². The molecule has 0 saturated heterocycles. The number of carbonyl (C=O) groups excluding carboxylic acids is 1. The summed E-state index contributed by atoms with van der Waals surface area (Å²) in [5.74, 6) is 0.0875. The molecule has 0 aliphatic heterocycles. The van der Waals surface area contributed by atoms with Crippen molar-refractivity contribution >= 4 is 22.5 Å². The van der Waals surface area contributed by atoms with Crippen molar-refractivity contribution in [3.63, 3.8) is 0 Å². The number of aryl methyl sites for hydroxylation is 1. The molecule has 1 N–H and O–H groups in total. The van der Waals surface area contributed by atoms with E-state index in [9.17, 15) is 9.18 Å². The SMILES string of the molecule is COc1ccc(NC(=O)c2cc3c(F)cccc3n2C)cc1. The maximum absolute atomic E-state index is 13.8. The second-order valence-electron chi connectivity index (χ2n) is 4.94. The first-order chi connectivity index (χ1) is 10.6. The number of methoxy groups -OCH3 is 1. The highest BCUT2D eigenvalue weighted by atomic mass is 19.1. The lowest BCUT2D eigenvalue weighted by Crippen LogP contribution is -2.15. The van der Waals surface area contributed by atoms with Gasteiger partial charge in [-0.05, 0) is 42.5 Å². The van der Waals surface area contributed by atoms with Crippen molar-refractivity contribution < 1.29 is 13.9 Å². The van der Waals surface area contributed by atoms with E-state index in [0.29, 0.717) is 28.0 Å². The van der Waals surface area contributed by atoms with E-state index in [2.05, 4.69) is 5.32 Å². The number of halogens is 1. The summed E-state index contributed by atoms with van der Waals surface area (Å²) in [5, 5.41) is 3.23. The molecule has 4 nitrogen and oxygen atoms in total. The van der Waals surface area contributed by atoms with Gasteiger partial charge in [-0.3, -0.25) is 4.79 Å². The van der Waals surface area contributed by atoms with Crippen LogP contribution in [-0.4, -0.2) is 17.6 Å². The number of hydrogen-bond donors (Lipinski definition) is 1. The molecule has 0 fully saturated rings. The number of carbonyl (C=O) groups is 1. The van der Waals surface area contributed by atoms with Crippen LogP contribution in [-0.2, 0) is 7.05 Å². The van der Waals surface area contributed by atoms with Gasteiger partial charge in [0.05, 0.1) is 12.6 Å². The van der Waals surface area contributed by atoms with E-state index < -0.39 is 0 Å². The van der Waals surface area contributed by atoms with Crippen molar-refractivity contribution in [3.05, 3.63) is 60.0 Å². The minimum atomic E-state index is -0.336. The molecule has 3 aromatic rings. The topological polar surface area (TPSA) is 43.3 Å². The van der Waals surface area contributed by atoms with E-state index in [1.807, 2.05) is 0 Å². The van der Waals surface area contributed by atoms with Crippen LogP contribution >= 0.6 is 0 Å². The van der Waals surface area contributed by atoms with Crippen LogP contribution in [0.2, 0.25) is 0 Å². The lowest BCUT2D eigenvalue weighted by atomic mass is 10.2. The van der Waals surface area contributed by atoms with Gasteiger partial charge in [0.2, 0.25) is 0 Å². The summed E-state index contributed by atoms with van der Waals surface area (Å²) in [5.41, 5.74) is 1.73. The largest absolute Gasteiger partial charge is 0.497 e. The summed E-state index contributed by atoms with van der Waals surface area (Å²) in [7, 11) is 3.32. The second-order valence-corrected chi connectivity index (χ2v) is 4.94. The Labute approximate surface area is 127 Å². The van der Waals surface area contributed by atoms with Crippen molar-refractivity contribution in [2.24, 2.45) is 7.05 Å². The number of rotatable bonds is 3. The third-order valence-corrected chi connectivity index (χ3v) is 3.61. The van der Waals surface area contributed by atoms with Crippen molar-refractivity contribution in [2.45, 2.75) is 0 Å². The van der Waals surface area contributed by atoms with Crippen molar-refractivity contribution in [1.29, 1.82) is 0 Å². The van der Waals surface area contributed by atoms with Crippen LogP contribution in [0.15, 0.2) is 48.5 Å². The summed E-state index contributed by atoms with van der Waals surface area (Å²) in [6.07, 6.45) is 0. The molecule has 0 atom stereocenters. The van der Waals surface area contributed by atoms with E-state index in [1.54, 1.807) is 61.2 Å². The number of fused-ring (bicyclic) bond motifs is 1. The number of amides is 1. The molecule has 0 saturated carbocycles. The molecule has 1 amide bonds. The van der Waals surface area contributed by atoms with Crippen LogP contribution < -0.4 is 10.1 Å².